The van der Waals surface area contributed by atoms with Crippen molar-refractivity contribution in [3.8, 4) is 17.0 Å². The van der Waals surface area contributed by atoms with E-state index in [2.05, 4.69) is 4.98 Å². The highest BCUT2D eigenvalue weighted by molar-refractivity contribution is 5.90. The van der Waals surface area contributed by atoms with Crippen LogP contribution >= 0.6 is 0 Å². The summed E-state index contributed by atoms with van der Waals surface area (Å²) in [5, 5.41) is 0. The average Bonchev–Trinajstić information content (AvgIpc) is 2.47. The molecule has 20 heavy (non-hydrogen) atoms. The summed E-state index contributed by atoms with van der Waals surface area (Å²) in [7, 11) is 1.36. The van der Waals surface area contributed by atoms with Crippen LogP contribution in [0.1, 0.15) is 24.2 Å². The lowest BCUT2D eigenvalue weighted by Crippen LogP contribution is -2.05. The molecule has 0 aliphatic heterocycles. The van der Waals surface area contributed by atoms with Crippen LogP contribution < -0.4 is 4.74 Å². The normalized spacial score (nSPS) is 10.4. The Bertz CT molecular complexity index is 591. The minimum absolute atomic E-state index is 0.140. The van der Waals surface area contributed by atoms with E-state index < -0.39 is 0 Å². The second-order valence-electron chi connectivity index (χ2n) is 4.61. The summed E-state index contributed by atoms with van der Waals surface area (Å²) in [6, 6.07) is 11.0. The van der Waals surface area contributed by atoms with E-state index in [1.54, 1.807) is 18.3 Å². The Kier molecular flexibility index (Phi) is 4.35. The standard InChI is InChI=1S/C16H17NO3/c1-11(2)20-14-6-4-12(5-7-14)15-10-13(8-9-17-15)16(18)19-3/h4-11H,1-3H3. The lowest BCUT2D eigenvalue weighted by atomic mass is 10.1. The topological polar surface area (TPSA) is 48.4 Å². The van der Waals surface area contributed by atoms with Crippen molar-refractivity contribution < 1.29 is 14.3 Å². The molecule has 2 aromatic rings. The summed E-state index contributed by atoms with van der Waals surface area (Å²) >= 11 is 0. The van der Waals surface area contributed by atoms with Crippen molar-refractivity contribution in [2.24, 2.45) is 0 Å². The number of methoxy groups -OCH3 is 1. The Morgan fingerprint density at radius 1 is 1.15 bits per heavy atom. The minimum Gasteiger partial charge on any atom is -0.491 e. The maximum Gasteiger partial charge on any atom is 0.337 e. The number of aromatic nitrogens is 1. The van der Waals surface area contributed by atoms with Crippen molar-refractivity contribution in [2.75, 3.05) is 7.11 Å². The third kappa shape index (κ3) is 3.35. The third-order valence-corrected chi connectivity index (χ3v) is 2.70. The Morgan fingerprint density at radius 3 is 2.45 bits per heavy atom. The molecule has 0 saturated heterocycles. The van der Waals surface area contributed by atoms with Crippen molar-refractivity contribution in [1.29, 1.82) is 0 Å². The Morgan fingerprint density at radius 2 is 1.85 bits per heavy atom. The quantitative estimate of drug-likeness (QED) is 0.800. The average molecular weight is 271 g/mol. The van der Waals surface area contributed by atoms with E-state index in [0.29, 0.717) is 5.56 Å². The number of hydrogen-bond donors (Lipinski definition) is 0. The van der Waals surface area contributed by atoms with E-state index in [0.717, 1.165) is 17.0 Å². The van der Waals surface area contributed by atoms with E-state index in [1.165, 1.54) is 7.11 Å². The summed E-state index contributed by atoms with van der Waals surface area (Å²) in [4.78, 5) is 15.8. The van der Waals surface area contributed by atoms with Gasteiger partial charge in [-0.3, -0.25) is 4.98 Å². The van der Waals surface area contributed by atoms with Gasteiger partial charge < -0.3 is 9.47 Å². The Balaban J connectivity index is 2.25. The summed E-state index contributed by atoms with van der Waals surface area (Å²) < 4.78 is 10.3. The monoisotopic (exact) mass is 271 g/mol. The highest BCUT2D eigenvalue weighted by Gasteiger charge is 2.08. The summed E-state index contributed by atoms with van der Waals surface area (Å²) in [6.07, 6.45) is 1.74. The molecule has 1 aromatic heterocycles. The van der Waals surface area contributed by atoms with E-state index in [-0.39, 0.29) is 12.1 Å². The third-order valence-electron chi connectivity index (χ3n) is 2.70. The van der Waals surface area contributed by atoms with Crippen LogP contribution in [0.25, 0.3) is 11.3 Å². The van der Waals surface area contributed by atoms with Gasteiger partial charge in [0, 0.05) is 11.8 Å². The first-order valence-electron chi connectivity index (χ1n) is 6.41. The number of hydrogen-bond acceptors (Lipinski definition) is 4. The van der Waals surface area contributed by atoms with Gasteiger partial charge in [-0.05, 0) is 50.2 Å². The van der Waals surface area contributed by atoms with Crippen LogP contribution in [-0.4, -0.2) is 24.2 Å². The largest absolute Gasteiger partial charge is 0.491 e. The molecule has 0 fully saturated rings. The van der Waals surface area contributed by atoms with Gasteiger partial charge in [-0.2, -0.15) is 0 Å². The summed E-state index contributed by atoms with van der Waals surface area (Å²) in [5.41, 5.74) is 2.14. The van der Waals surface area contributed by atoms with Gasteiger partial charge in [-0.15, -0.1) is 0 Å². The molecule has 1 aromatic carbocycles. The van der Waals surface area contributed by atoms with Gasteiger partial charge in [0.15, 0.2) is 0 Å². The molecule has 0 unspecified atom stereocenters. The zero-order valence-corrected chi connectivity index (χ0v) is 11.8. The first-order valence-corrected chi connectivity index (χ1v) is 6.41. The fourth-order valence-electron chi connectivity index (χ4n) is 1.81. The van der Waals surface area contributed by atoms with Gasteiger partial charge in [0.05, 0.1) is 24.5 Å². The molecular formula is C16H17NO3. The molecule has 4 nitrogen and oxygen atoms in total. The Labute approximate surface area is 118 Å². The summed E-state index contributed by atoms with van der Waals surface area (Å²) in [5.74, 6) is 0.446. The lowest BCUT2D eigenvalue weighted by Gasteiger charge is -2.10. The molecule has 0 aliphatic carbocycles. The number of carbonyl (C=O) groups is 1. The number of ether oxygens (including phenoxy) is 2. The first kappa shape index (κ1) is 14.1. The molecular weight excluding hydrogens is 254 g/mol. The van der Waals surface area contributed by atoms with Gasteiger partial charge in [0.1, 0.15) is 5.75 Å². The van der Waals surface area contributed by atoms with Gasteiger partial charge in [0.2, 0.25) is 0 Å². The van der Waals surface area contributed by atoms with Gasteiger partial charge in [0.25, 0.3) is 0 Å². The van der Waals surface area contributed by atoms with Crippen LogP contribution in [0.5, 0.6) is 5.75 Å². The molecule has 0 atom stereocenters. The number of carbonyl (C=O) groups excluding carboxylic acids is 1. The molecule has 0 amide bonds. The second kappa shape index (κ2) is 6.19. The number of esters is 1. The SMILES string of the molecule is COC(=O)c1ccnc(-c2ccc(OC(C)C)cc2)c1. The van der Waals surface area contributed by atoms with Crippen molar-refractivity contribution in [3.05, 3.63) is 48.2 Å². The molecule has 104 valence electrons. The van der Waals surface area contributed by atoms with Crippen LogP contribution in [0.4, 0.5) is 0 Å². The molecule has 0 spiro atoms. The van der Waals surface area contributed by atoms with E-state index in [1.807, 2.05) is 38.1 Å². The lowest BCUT2D eigenvalue weighted by molar-refractivity contribution is 0.0600. The molecule has 0 aliphatic rings. The molecule has 0 radical (unpaired) electrons. The van der Waals surface area contributed by atoms with Crippen molar-refractivity contribution >= 4 is 5.97 Å². The highest BCUT2D eigenvalue weighted by Crippen LogP contribution is 2.22. The fourth-order valence-corrected chi connectivity index (χ4v) is 1.81. The molecule has 0 bridgehead atoms. The van der Waals surface area contributed by atoms with E-state index in [4.69, 9.17) is 9.47 Å². The van der Waals surface area contributed by atoms with Crippen LogP contribution in [0, 0.1) is 0 Å². The molecule has 0 saturated carbocycles. The van der Waals surface area contributed by atoms with Crippen molar-refractivity contribution in [3.63, 3.8) is 0 Å². The summed E-state index contributed by atoms with van der Waals surface area (Å²) in [6.45, 7) is 3.96. The maximum atomic E-state index is 11.5. The number of rotatable bonds is 4. The van der Waals surface area contributed by atoms with Gasteiger partial charge in [-0.1, -0.05) is 0 Å². The van der Waals surface area contributed by atoms with Crippen LogP contribution in [0.15, 0.2) is 42.6 Å². The molecule has 4 heteroatoms. The van der Waals surface area contributed by atoms with Crippen molar-refractivity contribution in [2.45, 2.75) is 20.0 Å². The van der Waals surface area contributed by atoms with Crippen LogP contribution in [0.2, 0.25) is 0 Å². The number of pyridine rings is 1. The molecule has 2 rings (SSSR count). The molecule has 1 heterocycles. The van der Waals surface area contributed by atoms with Crippen molar-refractivity contribution in [1.82, 2.24) is 4.98 Å². The predicted molar refractivity (Wildman–Crippen MR) is 76.8 cm³/mol. The minimum atomic E-state index is -0.367. The van der Waals surface area contributed by atoms with Gasteiger partial charge >= 0.3 is 5.97 Å². The predicted octanol–water partition coefficient (Wildman–Crippen LogP) is 3.32. The zero-order chi connectivity index (χ0) is 14.5. The number of nitrogens with zero attached hydrogens (tertiary/aromatic N) is 1. The van der Waals surface area contributed by atoms with Gasteiger partial charge in [-0.25, -0.2) is 4.79 Å². The fraction of sp³-hybridized carbons (Fsp3) is 0.250. The van der Waals surface area contributed by atoms with Crippen LogP contribution in [-0.2, 0) is 4.74 Å². The smallest absolute Gasteiger partial charge is 0.337 e. The zero-order valence-electron chi connectivity index (χ0n) is 11.8. The second-order valence-corrected chi connectivity index (χ2v) is 4.61. The first-order chi connectivity index (χ1) is 9.60. The highest BCUT2D eigenvalue weighted by atomic mass is 16.5. The van der Waals surface area contributed by atoms with E-state index >= 15 is 0 Å². The maximum absolute atomic E-state index is 11.5. The molecule has 0 N–H and O–H groups in total. The number of benzene rings is 1. The van der Waals surface area contributed by atoms with E-state index in [9.17, 15) is 4.79 Å². The van der Waals surface area contributed by atoms with Crippen LogP contribution in [0.3, 0.4) is 0 Å². The Hall–Kier alpha value is -2.36.